The normalized spacial score (nSPS) is 11.3. The number of nitrogens with two attached hydrogens (primary N) is 1. The molecule has 0 saturated heterocycles. The van der Waals surface area contributed by atoms with Crippen LogP contribution in [0.4, 0.5) is 0 Å². The summed E-state index contributed by atoms with van der Waals surface area (Å²) in [5.74, 6) is 0. The molecular formula is C5H8BrN. The number of hydrogen-bond donors (Lipinski definition) is 1. The van der Waals surface area contributed by atoms with Crippen molar-refractivity contribution < 1.29 is 0 Å². The van der Waals surface area contributed by atoms with Crippen molar-refractivity contribution in [3.63, 3.8) is 0 Å². The average Bonchev–Trinajstić information content (AvgIpc) is 1.68. The molecule has 0 aromatic heterocycles. The highest BCUT2D eigenvalue weighted by Crippen LogP contribution is 1.95. The summed E-state index contributed by atoms with van der Waals surface area (Å²) in [5, 5.41) is 0. The highest BCUT2D eigenvalue weighted by Gasteiger charge is 1.77. The molecule has 0 aliphatic rings. The molecule has 0 heterocycles. The molecule has 2 N–H and O–H groups in total. The first-order valence-corrected chi connectivity index (χ1v) is 2.88. The van der Waals surface area contributed by atoms with Crippen LogP contribution in [0.1, 0.15) is 6.42 Å². The molecule has 0 saturated carbocycles. The summed E-state index contributed by atoms with van der Waals surface area (Å²) < 4.78 is 0. The van der Waals surface area contributed by atoms with E-state index in [1.165, 1.54) is 0 Å². The fourth-order valence-corrected chi connectivity index (χ4v) is 0.398. The van der Waals surface area contributed by atoms with E-state index in [2.05, 4.69) is 22.5 Å². The maximum atomic E-state index is 5.33. The molecule has 0 amide bonds. The summed E-state index contributed by atoms with van der Waals surface area (Å²) in [5.41, 5.74) is 6.13. The Hall–Kier alpha value is -0.240. The van der Waals surface area contributed by atoms with E-state index in [9.17, 15) is 0 Å². The Morgan fingerprint density at radius 1 is 1.86 bits per heavy atom. The first-order valence-electron chi connectivity index (χ1n) is 1.97. The summed E-state index contributed by atoms with van der Waals surface area (Å²) in [6.45, 7) is 3.51. The lowest BCUT2D eigenvalue weighted by molar-refractivity contribution is 1.18. The van der Waals surface area contributed by atoms with Gasteiger partial charge in [-0.25, -0.2) is 0 Å². The van der Waals surface area contributed by atoms with Crippen LogP contribution in [0.5, 0.6) is 0 Å². The van der Waals surface area contributed by atoms with Gasteiger partial charge >= 0.3 is 0 Å². The van der Waals surface area contributed by atoms with Crippen molar-refractivity contribution in [3.8, 4) is 0 Å². The van der Waals surface area contributed by atoms with E-state index in [0.717, 1.165) is 12.1 Å². The smallest absolute Gasteiger partial charge is 0.0189 e. The largest absolute Gasteiger partial charge is 0.401 e. The maximum absolute atomic E-state index is 5.33. The summed E-state index contributed by atoms with van der Waals surface area (Å²) in [6, 6.07) is 0. The number of rotatable bonds is 2. The molecule has 0 radical (unpaired) electrons. The second-order valence-electron chi connectivity index (χ2n) is 1.18. The van der Waals surface area contributed by atoms with E-state index in [-0.39, 0.29) is 0 Å². The Balaban J connectivity index is 3.36. The van der Waals surface area contributed by atoms with Gasteiger partial charge in [0.1, 0.15) is 0 Å². The zero-order chi connectivity index (χ0) is 5.70. The number of hydrogen-bond acceptors (Lipinski definition) is 1. The van der Waals surface area contributed by atoms with Gasteiger partial charge in [-0.05, 0) is 0 Å². The van der Waals surface area contributed by atoms with Crippen LogP contribution in [-0.4, -0.2) is 0 Å². The molecule has 2 heteroatoms. The third-order valence-corrected chi connectivity index (χ3v) is 1.11. The van der Waals surface area contributed by atoms with Crippen LogP contribution in [-0.2, 0) is 0 Å². The van der Waals surface area contributed by atoms with Crippen LogP contribution >= 0.6 is 15.9 Å². The summed E-state index contributed by atoms with van der Waals surface area (Å²) in [4.78, 5) is 1.69. The van der Waals surface area contributed by atoms with Crippen molar-refractivity contribution in [2.24, 2.45) is 5.73 Å². The van der Waals surface area contributed by atoms with E-state index >= 15 is 0 Å². The predicted octanol–water partition coefficient (Wildman–Crippen LogP) is 1.76. The van der Waals surface area contributed by atoms with Crippen molar-refractivity contribution >= 4 is 15.9 Å². The van der Waals surface area contributed by atoms with Crippen LogP contribution in [0.15, 0.2) is 23.3 Å². The van der Waals surface area contributed by atoms with Gasteiger partial charge in [0.05, 0.1) is 0 Å². The fraction of sp³-hybridized carbons (Fsp3) is 0.200. The van der Waals surface area contributed by atoms with Gasteiger partial charge in [-0.15, -0.1) is 6.58 Å². The van der Waals surface area contributed by atoms with Gasteiger partial charge in [0.15, 0.2) is 0 Å². The van der Waals surface area contributed by atoms with E-state index < -0.39 is 0 Å². The molecule has 0 aromatic rings. The summed E-state index contributed by atoms with van der Waals surface area (Å²) >= 11 is 3.08. The van der Waals surface area contributed by atoms with Crippen molar-refractivity contribution in [3.05, 3.63) is 23.3 Å². The van der Waals surface area contributed by atoms with Gasteiger partial charge in [0.25, 0.3) is 0 Å². The first-order chi connectivity index (χ1) is 3.31. The van der Waals surface area contributed by atoms with E-state index in [4.69, 9.17) is 5.73 Å². The van der Waals surface area contributed by atoms with Gasteiger partial charge in [-0.3, -0.25) is 0 Å². The second-order valence-corrected chi connectivity index (χ2v) is 1.63. The van der Waals surface area contributed by atoms with Gasteiger partial charge < -0.3 is 5.73 Å². The maximum Gasteiger partial charge on any atom is 0.0189 e. The molecule has 0 aromatic carbocycles. The molecule has 40 valence electrons. The lowest BCUT2D eigenvalue weighted by Gasteiger charge is -1.87. The van der Waals surface area contributed by atoms with E-state index in [0.29, 0.717) is 0 Å². The molecule has 1 nitrogen and oxygen atoms in total. The molecule has 0 spiro atoms. The van der Waals surface area contributed by atoms with Crippen LogP contribution in [0.25, 0.3) is 0 Å². The number of allylic oxidation sites excluding steroid dienone is 1. The van der Waals surface area contributed by atoms with Crippen molar-refractivity contribution in [1.29, 1.82) is 0 Å². The Morgan fingerprint density at radius 3 is 2.57 bits per heavy atom. The Kier molecular flexibility index (Phi) is 3.80. The molecule has 0 aliphatic carbocycles. The SMILES string of the molecule is C=CCC(N)=CBr. The van der Waals surface area contributed by atoms with Crippen LogP contribution in [0.2, 0.25) is 0 Å². The quantitative estimate of drug-likeness (QED) is 0.615. The average molecular weight is 162 g/mol. The Labute approximate surface area is 52.0 Å². The third kappa shape index (κ3) is 3.59. The molecule has 7 heavy (non-hydrogen) atoms. The van der Waals surface area contributed by atoms with Crippen molar-refractivity contribution in [1.82, 2.24) is 0 Å². The molecule has 0 unspecified atom stereocenters. The van der Waals surface area contributed by atoms with Gasteiger partial charge in [0.2, 0.25) is 0 Å². The summed E-state index contributed by atoms with van der Waals surface area (Å²) in [7, 11) is 0. The summed E-state index contributed by atoms with van der Waals surface area (Å²) in [6.07, 6.45) is 2.51. The number of halogens is 1. The van der Waals surface area contributed by atoms with Crippen molar-refractivity contribution in [2.45, 2.75) is 6.42 Å². The highest BCUT2D eigenvalue weighted by molar-refractivity contribution is 9.11. The minimum atomic E-state index is 0.755. The lowest BCUT2D eigenvalue weighted by atomic mass is 10.4. The standard InChI is InChI=1S/C5H8BrN/c1-2-3-5(7)4-6/h2,4H,1,3,7H2. The minimum absolute atomic E-state index is 0.755. The van der Waals surface area contributed by atoms with Gasteiger partial charge in [0, 0.05) is 17.1 Å². The predicted molar refractivity (Wildman–Crippen MR) is 36.0 cm³/mol. The third-order valence-electron chi connectivity index (χ3n) is 0.520. The zero-order valence-corrected chi connectivity index (χ0v) is 5.61. The van der Waals surface area contributed by atoms with Crippen LogP contribution in [0.3, 0.4) is 0 Å². The van der Waals surface area contributed by atoms with Gasteiger partial charge in [-0.1, -0.05) is 22.0 Å². The second kappa shape index (κ2) is 3.93. The van der Waals surface area contributed by atoms with Gasteiger partial charge in [-0.2, -0.15) is 0 Å². The van der Waals surface area contributed by atoms with Crippen molar-refractivity contribution in [2.75, 3.05) is 0 Å². The minimum Gasteiger partial charge on any atom is -0.401 e. The molecule has 0 fully saturated rings. The Morgan fingerprint density at radius 2 is 2.43 bits per heavy atom. The monoisotopic (exact) mass is 161 g/mol. The lowest BCUT2D eigenvalue weighted by Crippen LogP contribution is -1.91. The van der Waals surface area contributed by atoms with E-state index in [1.807, 2.05) is 0 Å². The molecule has 0 aliphatic heterocycles. The molecule has 0 rings (SSSR count). The zero-order valence-electron chi connectivity index (χ0n) is 4.02. The van der Waals surface area contributed by atoms with Crippen LogP contribution < -0.4 is 5.73 Å². The van der Waals surface area contributed by atoms with E-state index in [1.54, 1.807) is 11.1 Å². The Bertz CT molecular complexity index is 86.1. The first kappa shape index (κ1) is 6.76. The molecular weight excluding hydrogens is 154 g/mol. The highest BCUT2D eigenvalue weighted by atomic mass is 79.9. The fourth-order valence-electron chi connectivity index (χ4n) is 0.211. The van der Waals surface area contributed by atoms with Crippen LogP contribution in [0, 0.1) is 0 Å². The molecule has 0 bridgehead atoms. The topological polar surface area (TPSA) is 26.0 Å². The molecule has 0 atom stereocenters.